The Hall–Kier alpha value is -0.450. The first-order chi connectivity index (χ1) is 8.38. The lowest BCUT2D eigenvalue weighted by Crippen LogP contribution is -2.51. The lowest BCUT2D eigenvalue weighted by Gasteiger charge is -2.43. The van der Waals surface area contributed by atoms with Gasteiger partial charge in [0, 0.05) is 18.4 Å². The first-order valence-corrected chi connectivity index (χ1v) is 7.55. The Balaban J connectivity index is 2.31. The molecule has 4 heteroatoms. The minimum Gasteiger partial charge on any atom is -0.375 e. The molecule has 1 saturated heterocycles. The van der Waals surface area contributed by atoms with Gasteiger partial charge < -0.3 is 10.1 Å². The second-order valence-corrected chi connectivity index (χ2v) is 6.96. The summed E-state index contributed by atoms with van der Waals surface area (Å²) in [5, 5.41) is 6.92. The van der Waals surface area contributed by atoms with Gasteiger partial charge in [-0.3, -0.25) is 0 Å². The van der Waals surface area contributed by atoms with E-state index in [0.717, 1.165) is 19.4 Å². The van der Waals surface area contributed by atoms with Gasteiger partial charge >= 0.3 is 0 Å². The average molecular weight is 268 g/mol. The number of rotatable bonds is 3. The molecule has 2 rings (SSSR count). The van der Waals surface area contributed by atoms with Crippen LogP contribution in [0.3, 0.4) is 0 Å². The SMILES string of the molecule is CNC1(c2nc(C(C)C)cs2)CCOC(C)(C)C1. The molecule has 0 aromatic carbocycles. The normalized spacial score (nSPS) is 27.7. The number of hydrogen-bond donors (Lipinski definition) is 1. The van der Waals surface area contributed by atoms with Crippen LogP contribution in [-0.4, -0.2) is 24.2 Å². The van der Waals surface area contributed by atoms with E-state index in [-0.39, 0.29) is 11.1 Å². The molecule has 18 heavy (non-hydrogen) atoms. The van der Waals surface area contributed by atoms with Gasteiger partial charge in [-0.05, 0) is 33.2 Å². The van der Waals surface area contributed by atoms with E-state index in [1.807, 2.05) is 7.05 Å². The predicted octanol–water partition coefficient (Wildman–Crippen LogP) is 3.27. The van der Waals surface area contributed by atoms with Crippen LogP contribution in [0.4, 0.5) is 0 Å². The first-order valence-electron chi connectivity index (χ1n) is 6.67. The second-order valence-electron chi connectivity index (χ2n) is 6.10. The molecular formula is C14H24N2OS. The van der Waals surface area contributed by atoms with Crippen molar-refractivity contribution in [2.24, 2.45) is 0 Å². The van der Waals surface area contributed by atoms with E-state index in [2.05, 4.69) is 38.4 Å². The molecule has 0 radical (unpaired) electrons. The molecule has 1 aromatic rings. The zero-order chi connectivity index (χ0) is 13.4. The van der Waals surface area contributed by atoms with Gasteiger partial charge in [-0.1, -0.05) is 13.8 Å². The lowest BCUT2D eigenvalue weighted by molar-refractivity contribution is -0.0883. The smallest absolute Gasteiger partial charge is 0.113 e. The van der Waals surface area contributed by atoms with Crippen molar-refractivity contribution in [3.05, 3.63) is 16.1 Å². The molecule has 1 aromatic heterocycles. The van der Waals surface area contributed by atoms with Crippen LogP contribution in [0.1, 0.15) is 57.2 Å². The van der Waals surface area contributed by atoms with Crippen LogP contribution in [0.5, 0.6) is 0 Å². The quantitative estimate of drug-likeness (QED) is 0.913. The number of nitrogens with one attached hydrogen (secondary N) is 1. The monoisotopic (exact) mass is 268 g/mol. The molecule has 3 nitrogen and oxygen atoms in total. The molecule has 102 valence electrons. The van der Waals surface area contributed by atoms with Crippen molar-refractivity contribution < 1.29 is 4.74 Å². The van der Waals surface area contributed by atoms with E-state index >= 15 is 0 Å². The van der Waals surface area contributed by atoms with Crippen molar-refractivity contribution in [1.29, 1.82) is 0 Å². The highest BCUT2D eigenvalue weighted by Gasteiger charge is 2.43. The molecule has 2 heterocycles. The van der Waals surface area contributed by atoms with Crippen LogP contribution in [0.15, 0.2) is 5.38 Å². The van der Waals surface area contributed by atoms with Crippen LogP contribution in [-0.2, 0) is 10.3 Å². The zero-order valence-electron chi connectivity index (χ0n) is 12.0. The molecule has 1 fully saturated rings. The third-order valence-electron chi connectivity index (χ3n) is 3.75. The molecule has 1 unspecified atom stereocenters. The number of ether oxygens (including phenoxy) is 1. The number of thiazole rings is 1. The van der Waals surface area contributed by atoms with Crippen LogP contribution in [0.2, 0.25) is 0 Å². The van der Waals surface area contributed by atoms with E-state index in [4.69, 9.17) is 9.72 Å². The summed E-state index contributed by atoms with van der Waals surface area (Å²) in [4.78, 5) is 4.84. The maximum atomic E-state index is 5.84. The zero-order valence-corrected chi connectivity index (χ0v) is 12.9. The summed E-state index contributed by atoms with van der Waals surface area (Å²) in [6, 6.07) is 0. The third kappa shape index (κ3) is 2.60. The fourth-order valence-corrected chi connectivity index (χ4v) is 3.86. The van der Waals surface area contributed by atoms with Crippen molar-refractivity contribution in [3.63, 3.8) is 0 Å². The molecule has 1 N–H and O–H groups in total. The van der Waals surface area contributed by atoms with Crippen molar-refractivity contribution in [3.8, 4) is 0 Å². The second kappa shape index (κ2) is 4.91. The van der Waals surface area contributed by atoms with E-state index in [9.17, 15) is 0 Å². The van der Waals surface area contributed by atoms with Gasteiger partial charge in [-0.15, -0.1) is 11.3 Å². The van der Waals surface area contributed by atoms with Gasteiger partial charge in [0.2, 0.25) is 0 Å². The molecular weight excluding hydrogens is 244 g/mol. The first kappa shape index (κ1) is 14.0. The molecule has 0 amide bonds. The number of nitrogens with zero attached hydrogens (tertiary/aromatic N) is 1. The standard InChI is InChI=1S/C14H24N2OS/c1-10(2)11-8-18-12(16-11)14(15-5)6-7-17-13(3,4)9-14/h8,10,15H,6-7,9H2,1-5H3. The molecule has 1 aliphatic rings. The van der Waals surface area contributed by atoms with Crippen molar-refractivity contribution in [2.75, 3.05) is 13.7 Å². The summed E-state index contributed by atoms with van der Waals surface area (Å²) in [7, 11) is 2.04. The largest absolute Gasteiger partial charge is 0.375 e. The Labute approximate surface area is 114 Å². The van der Waals surface area contributed by atoms with E-state index in [0.29, 0.717) is 5.92 Å². The van der Waals surface area contributed by atoms with E-state index in [1.54, 1.807) is 11.3 Å². The highest BCUT2D eigenvalue weighted by molar-refractivity contribution is 7.09. The third-order valence-corrected chi connectivity index (χ3v) is 4.82. The highest BCUT2D eigenvalue weighted by Crippen LogP contribution is 2.40. The molecule has 1 atom stereocenters. The Morgan fingerprint density at radius 1 is 1.44 bits per heavy atom. The summed E-state index contributed by atoms with van der Waals surface area (Å²) < 4.78 is 5.84. The fourth-order valence-electron chi connectivity index (χ4n) is 2.64. The number of aromatic nitrogens is 1. The van der Waals surface area contributed by atoms with Crippen molar-refractivity contribution in [2.45, 2.75) is 57.6 Å². The Morgan fingerprint density at radius 3 is 2.67 bits per heavy atom. The van der Waals surface area contributed by atoms with Crippen LogP contribution in [0.25, 0.3) is 0 Å². The minimum atomic E-state index is -0.0784. The van der Waals surface area contributed by atoms with Gasteiger partial charge in [0.1, 0.15) is 5.01 Å². The van der Waals surface area contributed by atoms with Gasteiger partial charge in [0.05, 0.1) is 16.8 Å². The van der Waals surface area contributed by atoms with Gasteiger partial charge in [-0.25, -0.2) is 4.98 Å². The van der Waals surface area contributed by atoms with Gasteiger partial charge in [0.15, 0.2) is 0 Å². The Morgan fingerprint density at radius 2 is 2.17 bits per heavy atom. The Kier molecular flexibility index (Phi) is 3.81. The molecule has 0 bridgehead atoms. The summed E-state index contributed by atoms with van der Waals surface area (Å²) in [5.74, 6) is 0.497. The average Bonchev–Trinajstić information content (AvgIpc) is 2.77. The van der Waals surface area contributed by atoms with E-state index in [1.165, 1.54) is 10.7 Å². The maximum absolute atomic E-state index is 5.84. The van der Waals surface area contributed by atoms with Crippen molar-refractivity contribution >= 4 is 11.3 Å². The topological polar surface area (TPSA) is 34.2 Å². The fraction of sp³-hybridized carbons (Fsp3) is 0.786. The van der Waals surface area contributed by atoms with Gasteiger partial charge in [-0.2, -0.15) is 0 Å². The van der Waals surface area contributed by atoms with Crippen LogP contribution >= 0.6 is 11.3 Å². The summed E-state index contributed by atoms with van der Waals surface area (Å²) in [6.45, 7) is 9.51. The summed E-state index contributed by atoms with van der Waals surface area (Å²) in [6.07, 6.45) is 1.97. The molecule has 0 aliphatic carbocycles. The predicted molar refractivity (Wildman–Crippen MR) is 76.2 cm³/mol. The lowest BCUT2D eigenvalue weighted by atomic mass is 9.82. The Bertz CT molecular complexity index is 414. The molecule has 0 saturated carbocycles. The number of hydrogen-bond acceptors (Lipinski definition) is 4. The highest BCUT2D eigenvalue weighted by atomic mass is 32.1. The summed E-state index contributed by atoms with van der Waals surface area (Å²) >= 11 is 1.78. The van der Waals surface area contributed by atoms with Gasteiger partial charge in [0.25, 0.3) is 0 Å². The molecule has 1 aliphatic heterocycles. The molecule has 0 spiro atoms. The van der Waals surface area contributed by atoms with E-state index < -0.39 is 0 Å². The minimum absolute atomic E-state index is 0.0143. The summed E-state index contributed by atoms with van der Waals surface area (Å²) in [5.41, 5.74) is 1.11. The maximum Gasteiger partial charge on any atom is 0.113 e. The van der Waals surface area contributed by atoms with Crippen LogP contribution in [0, 0.1) is 0 Å². The van der Waals surface area contributed by atoms with Crippen molar-refractivity contribution in [1.82, 2.24) is 10.3 Å². The van der Waals surface area contributed by atoms with Crippen LogP contribution < -0.4 is 5.32 Å².